The summed E-state index contributed by atoms with van der Waals surface area (Å²) in [6.07, 6.45) is 5.47. The van der Waals surface area contributed by atoms with Gasteiger partial charge in [-0.15, -0.1) is 11.3 Å². The summed E-state index contributed by atoms with van der Waals surface area (Å²) in [6, 6.07) is 3.46. The summed E-state index contributed by atoms with van der Waals surface area (Å²) in [6.45, 7) is 0. The van der Waals surface area contributed by atoms with Crippen LogP contribution in [0.4, 0.5) is 0 Å². The van der Waals surface area contributed by atoms with E-state index >= 15 is 0 Å². The molecular formula is C14H14BrNO3S. The minimum atomic E-state index is -0.958. The summed E-state index contributed by atoms with van der Waals surface area (Å²) >= 11 is 4.53. The van der Waals surface area contributed by atoms with Crippen LogP contribution < -0.4 is 5.56 Å². The van der Waals surface area contributed by atoms with Crippen LogP contribution in [-0.2, 0) is 0 Å². The molecule has 20 heavy (non-hydrogen) atoms. The number of carboxylic acid groups (broad SMARTS) is 1. The molecule has 0 unspecified atom stereocenters. The number of carbonyl (C=O) groups is 1. The summed E-state index contributed by atoms with van der Waals surface area (Å²) in [4.78, 5) is 24.5. The van der Waals surface area contributed by atoms with Crippen molar-refractivity contribution in [3.05, 3.63) is 31.8 Å². The number of halogens is 1. The van der Waals surface area contributed by atoms with Crippen LogP contribution in [0.2, 0.25) is 0 Å². The highest BCUT2D eigenvalue weighted by molar-refractivity contribution is 9.10. The van der Waals surface area contributed by atoms with E-state index in [1.165, 1.54) is 17.8 Å². The number of nitrogens with zero attached hydrogens (tertiary/aromatic N) is 1. The van der Waals surface area contributed by atoms with Gasteiger partial charge in [0.05, 0.1) is 4.47 Å². The third-order valence-corrected chi connectivity index (χ3v) is 6.13. The molecule has 0 aromatic carbocycles. The van der Waals surface area contributed by atoms with Gasteiger partial charge in [0, 0.05) is 17.5 Å². The number of pyridine rings is 1. The fraction of sp³-hybridized carbons (Fsp3) is 0.429. The van der Waals surface area contributed by atoms with Crippen LogP contribution in [0.5, 0.6) is 0 Å². The lowest BCUT2D eigenvalue weighted by Gasteiger charge is -2.24. The summed E-state index contributed by atoms with van der Waals surface area (Å²) in [5, 5.41) is 10.0. The van der Waals surface area contributed by atoms with Crippen LogP contribution in [0.3, 0.4) is 0 Å². The van der Waals surface area contributed by atoms with Crippen LogP contribution in [0.15, 0.2) is 21.4 Å². The number of carboxylic acids is 1. The first-order valence-electron chi connectivity index (χ1n) is 6.66. The molecule has 1 aliphatic rings. The molecule has 2 heterocycles. The van der Waals surface area contributed by atoms with Crippen LogP contribution in [-0.4, -0.2) is 15.6 Å². The highest BCUT2D eigenvalue weighted by atomic mass is 79.9. The Morgan fingerprint density at radius 1 is 1.30 bits per heavy atom. The molecular weight excluding hydrogens is 342 g/mol. The third kappa shape index (κ3) is 2.20. The number of hydrogen-bond acceptors (Lipinski definition) is 3. The monoisotopic (exact) mass is 355 g/mol. The molecule has 1 aliphatic carbocycles. The Hall–Kier alpha value is -1.14. The standard InChI is InChI=1S/C14H14BrNO3S/c15-11-9-6-7-10(17)16(8-4-2-1-3-5-8)13(9)20-12(11)14(18)19/h6-8H,1-5H2,(H,18,19). The minimum Gasteiger partial charge on any atom is -0.477 e. The Balaban J connectivity index is 2.24. The highest BCUT2D eigenvalue weighted by Gasteiger charge is 2.23. The number of hydrogen-bond donors (Lipinski definition) is 1. The molecule has 1 fully saturated rings. The maximum absolute atomic E-state index is 12.2. The molecule has 1 saturated carbocycles. The SMILES string of the molecule is O=C(O)c1sc2c(ccc(=O)n2C2CCCCC2)c1Br. The van der Waals surface area contributed by atoms with E-state index in [1.54, 1.807) is 16.7 Å². The van der Waals surface area contributed by atoms with Gasteiger partial charge in [0.2, 0.25) is 0 Å². The van der Waals surface area contributed by atoms with Crippen molar-refractivity contribution in [2.75, 3.05) is 0 Å². The summed E-state index contributed by atoms with van der Waals surface area (Å²) < 4.78 is 2.38. The molecule has 4 nitrogen and oxygen atoms in total. The number of aromatic nitrogens is 1. The topological polar surface area (TPSA) is 59.3 Å². The molecule has 0 aliphatic heterocycles. The molecule has 2 aromatic heterocycles. The molecule has 0 bridgehead atoms. The van der Waals surface area contributed by atoms with Gasteiger partial charge in [0.1, 0.15) is 9.71 Å². The maximum atomic E-state index is 12.2. The lowest BCUT2D eigenvalue weighted by atomic mass is 9.95. The zero-order chi connectivity index (χ0) is 14.3. The first-order valence-corrected chi connectivity index (χ1v) is 8.27. The molecule has 2 aromatic rings. The van der Waals surface area contributed by atoms with Crippen molar-refractivity contribution in [1.82, 2.24) is 4.57 Å². The third-order valence-electron chi connectivity index (χ3n) is 3.85. The smallest absolute Gasteiger partial charge is 0.347 e. The molecule has 106 valence electrons. The minimum absolute atomic E-state index is 0.0323. The van der Waals surface area contributed by atoms with Gasteiger partial charge in [-0.05, 0) is 34.8 Å². The van der Waals surface area contributed by atoms with E-state index in [-0.39, 0.29) is 16.5 Å². The molecule has 6 heteroatoms. The van der Waals surface area contributed by atoms with E-state index in [4.69, 9.17) is 0 Å². The van der Waals surface area contributed by atoms with Crippen molar-refractivity contribution < 1.29 is 9.90 Å². The fourth-order valence-corrected chi connectivity index (χ4v) is 4.85. The van der Waals surface area contributed by atoms with Crippen LogP contribution in [0, 0.1) is 0 Å². The second-order valence-corrected chi connectivity index (χ2v) is 6.89. The number of aromatic carboxylic acids is 1. The van der Waals surface area contributed by atoms with E-state index in [0.29, 0.717) is 4.47 Å². The van der Waals surface area contributed by atoms with E-state index in [1.807, 2.05) is 0 Å². The van der Waals surface area contributed by atoms with E-state index in [9.17, 15) is 14.7 Å². The highest BCUT2D eigenvalue weighted by Crippen LogP contribution is 2.38. The summed E-state index contributed by atoms with van der Waals surface area (Å²) in [5.41, 5.74) is -0.0323. The van der Waals surface area contributed by atoms with Crippen molar-refractivity contribution in [3.63, 3.8) is 0 Å². The number of rotatable bonds is 2. The summed E-state index contributed by atoms with van der Waals surface area (Å²) in [7, 11) is 0. The van der Waals surface area contributed by atoms with Crippen molar-refractivity contribution >= 4 is 43.5 Å². The van der Waals surface area contributed by atoms with Gasteiger partial charge < -0.3 is 5.11 Å². The molecule has 3 rings (SSSR count). The van der Waals surface area contributed by atoms with Crippen LogP contribution >= 0.6 is 27.3 Å². The molecule has 0 spiro atoms. The second kappa shape index (κ2) is 5.33. The van der Waals surface area contributed by atoms with Crippen LogP contribution in [0.25, 0.3) is 10.2 Å². The average molecular weight is 356 g/mol. The van der Waals surface area contributed by atoms with Crippen molar-refractivity contribution in [3.8, 4) is 0 Å². The van der Waals surface area contributed by atoms with Gasteiger partial charge in [-0.25, -0.2) is 4.79 Å². The first kappa shape index (κ1) is 13.8. The Labute approximate surface area is 128 Å². The molecule has 0 amide bonds. The molecule has 0 saturated heterocycles. The van der Waals surface area contributed by atoms with Crippen molar-refractivity contribution in [1.29, 1.82) is 0 Å². The van der Waals surface area contributed by atoms with Gasteiger partial charge >= 0.3 is 5.97 Å². The predicted octanol–water partition coefficient (Wildman–Crippen LogP) is 4.03. The fourth-order valence-electron chi connectivity index (χ4n) is 2.89. The Morgan fingerprint density at radius 2 is 2.00 bits per heavy atom. The molecule has 0 radical (unpaired) electrons. The van der Waals surface area contributed by atoms with Gasteiger partial charge in [-0.3, -0.25) is 9.36 Å². The Kier molecular flexibility index (Phi) is 3.69. The Morgan fingerprint density at radius 3 is 2.65 bits per heavy atom. The summed E-state index contributed by atoms with van der Waals surface area (Å²) in [5.74, 6) is -0.958. The average Bonchev–Trinajstić information content (AvgIpc) is 2.77. The predicted molar refractivity (Wildman–Crippen MR) is 82.9 cm³/mol. The van der Waals surface area contributed by atoms with E-state index in [0.717, 1.165) is 35.9 Å². The van der Waals surface area contributed by atoms with Gasteiger partial charge in [0.25, 0.3) is 5.56 Å². The van der Waals surface area contributed by atoms with E-state index in [2.05, 4.69) is 15.9 Å². The van der Waals surface area contributed by atoms with Gasteiger partial charge in [-0.2, -0.15) is 0 Å². The van der Waals surface area contributed by atoms with Crippen molar-refractivity contribution in [2.45, 2.75) is 38.1 Å². The van der Waals surface area contributed by atoms with Gasteiger partial charge in [-0.1, -0.05) is 19.3 Å². The lowest BCUT2D eigenvalue weighted by molar-refractivity contribution is 0.0701. The zero-order valence-corrected chi connectivity index (χ0v) is 13.2. The molecule has 1 N–H and O–H groups in total. The zero-order valence-electron chi connectivity index (χ0n) is 10.8. The van der Waals surface area contributed by atoms with Crippen LogP contribution in [0.1, 0.15) is 47.8 Å². The lowest BCUT2D eigenvalue weighted by Crippen LogP contribution is -2.25. The van der Waals surface area contributed by atoms with Gasteiger partial charge in [0.15, 0.2) is 0 Å². The van der Waals surface area contributed by atoms with Crippen molar-refractivity contribution in [2.24, 2.45) is 0 Å². The molecule has 0 atom stereocenters. The maximum Gasteiger partial charge on any atom is 0.347 e. The number of fused-ring (bicyclic) bond motifs is 1. The quantitative estimate of drug-likeness (QED) is 0.884. The second-order valence-electron chi connectivity index (χ2n) is 5.10. The number of thiophene rings is 1. The largest absolute Gasteiger partial charge is 0.477 e. The normalized spacial score (nSPS) is 16.6. The first-order chi connectivity index (χ1) is 9.59. The van der Waals surface area contributed by atoms with E-state index < -0.39 is 5.97 Å². The Bertz CT molecular complexity index is 728.